The molecule has 0 rings (SSSR count). The monoisotopic (exact) mass is 961 g/mol. The topological polar surface area (TPSA) is 78.9 Å². The number of carbonyl (C=O) groups excluding carboxylic acids is 3. The van der Waals surface area contributed by atoms with Crippen molar-refractivity contribution in [2.24, 2.45) is 0 Å². The smallest absolute Gasteiger partial charge is 0.306 e. The standard InChI is InChI=1S/C63H108O6/c1-4-7-10-13-16-19-22-25-28-31-33-35-38-41-44-47-50-53-56-62(65)68-59-60(58-67-61(64)55-52-49-46-43-40-37-34-30-27-24-21-18-15-12-9-6-3)69-63(66)57-54-51-48-45-42-39-36-32-29-26-23-20-17-14-11-8-5-2/h9,12,17-18,20-21,26-31,33,35,60H,4-8,10-11,13-16,19,22-25,32,34,36-59H2,1-3H3/b12-9-,20-17-,21-18-,29-26-,30-27-,31-28-,35-33-. The van der Waals surface area contributed by atoms with Crippen LogP contribution in [0.15, 0.2) is 85.1 Å². The Hall–Kier alpha value is -3.41. The lowest BCUT2D eigenvalue weighted by molar-refractivity contribution is -0.167. The quantitative estimate of drug-likeness (QED) is 0.0199. The van der Waals surface area contributed by atoms with Gasteiger partial charge in [0.15, 0.2) is 6.10 Å². The van der Waals surface area contributed by atoms with Gasteiger partial charge in [0.2, 0.25) is 0 Å². The fourth-order valence-corrected chi connectivity index (χ4v) is 8.01. The van der Waals surface area contributed by atoms with E-state index in [-0.39, 0.29) is 31.1 Å². The van der Waals surface area contributed by atoms with Crippen LogP contribution in [-0.4, -0.2) is 37.2 Å². The lowest BCUT2D eigenvalue weighted by atomic mass is 10.1. The number of carbonyl (C=O) groups is 3. The molecule has 0 aromatic heterocycles. The van der Waals surface area contributed by atoms with Crippen LogP contribution in [0.4, 0.5) is 0 Å². The summed E-state index contributed by atoms with van der Waals surface area (Å²) < 4.78 is 16.9. The van der Waals surface area contributed by atoms with Crippen molar-refractivity contribution in [3.05, 3.63) is 85.1 Å². The zero-order chi connectivity index (χ0) is 50.0. The molecule has 1 unspecified atom stereocenters. The van der Waals surface area contributed by atoms with Crippen LogP contribution >= 0.6 is 0 Å². The molecule has 396 valence electrons. The van der Waals surface area contributed by atoms with Crippen molar-refractivity contribution >= 4 is 17.9 Å². The average molecular weight is 962 g/mol. The molecule has 0 fully saturated rings. The highest BCUT2D eigenvalue weighted by atomic mass is 16.6. The molecule has 0 heterocycles. The summed E-state index contributed by atoms with van der Waals surface area (Å²) in [5.74, 6) is -0.920. The van der Waals surface area contributed by atoms with Gasteiger partial charge in [0.05, 0.1) is 0 Å². The lowest BCUT2D eigenvalue weighted by Gasteiger charge is -2.18. The van der Waals surface area contributed by atoms with Gasteiger partial charge in [-0.2, -0.15) is 0 Å². The van der Waals surface area contributed by atoms with Crippen LogP contribution in [0.5, 0.6) is 0 Å². The van der Waals surface area contributed by atoms with E-state index in [1.54, 1.807) is 0 Å². The van der Waals surface area contributed by atoms with E-state index in [0.717, 1.165) is 116 Å². The molecular weight excluding hydrogens is 853 g/mol. The van der Waals surface area contributed by atoms with Crippen molar-refractivity contribution in [3.8, 4) is 0 Å². The van der Waals surface area contributed by atoms with Gasteiger partial charge in [0.1, 0.15) is 13.2 Å². The van der Waals surface area contributed by atoms with Crippen molar-refractivity contribution in [2.45, 2.75) is 284 Å². The average Bonchev–Trinajstić information content (AvgIpc) is 3.35. The number of rotatable bonds is 52. The molecule has 0 saturated heterocycles. The minimum absolute atomic E-state index is 0.0918. The first-order chi connectivity index (χ1) is 34.0. The first-order valence-corrected chi connectivity index (χ1v) is 29.1. The van der Waals surface area contributed by atoms with Gasteiger partial charge in [0, 0.05) is 19.3 Å². The molecule has 0 aliphatic carbocycles. The minimum atomic E-state index is -0.794. The van der Waals surface area contributed by atoms with E-state index < -0.39 is 6.10 Å². The molecule has 6 heteroatoms. The van der Waals surface area contributed by atoms with Crippen LogP contribution in [0.1, 0.15) is 278 Å². The van der Waals surface area contributed by atoms with Crippen LogP contribution in [0.2, 0.25) is 0 Å². The van der Waals surface area contributed by atoms with Gasteiger partial charge >= 0.3 is 17.9 Å². The maximum absolute atomic E-state index is 12.9. The second-order valence-electron chi connectivity index (χ2n) is 19.2. The summed E-state index contributed by atoms with van der Waals surface area (Å²) in [4.78, 5) is 38.2. The number of hydrogen-bond acceptors (Lipinski definition) is 6. The maximum atomic E-state index is 12.9. The van der Waals surface area contributed by atoms with Crippen molar-refractivity contribution in [1.29, 1.82) is 0 Å². The summed E-state index contributed by atoms with van der Waals surface area (Å²) in [6, 6.07) is 0. The molecule has 0 aromatic carbocycles. The molecule has 0 N–H and O–H groups in total. The van der Waals surface area contributed by atoms with E-state index in [9.17, 15) is 14.4 Å². The van der Waals surface area contributed by atoms with E-state index in [2.05, 4.69) is 106 Å². The van der Waals surface area contributed by atoms with E-state index in [4.69, 9.17) is 14.2 Å². The lowest BCUT2D eigenvalue weighted by Crippen LogP contribution is -2.30. The molecule has 69 heavy (non-hydrogen) atoms. The highest BCUT2D eigenvalue weighted by Crippen LogP contribution is 2.15. The summed E-state index contributed by atoms with van der Waals surface area (Å²) in [5.41, 5.74) is 0. The Morgan fingerprint density at radius 3 is 1.00 bits per heavy atom. The molecule has 0 bridgehead atoms. The van der Waals surface area contributed by atoms with Crippen molar-refractivity contribution < 1.29 is 28.6 Å². The number of hydrogen-bond donors (Lipinski definition) is 0. The van der Waals surface area contributed by atoms with Gasteiger partial charge in [-0.25, -0.2) is 0 Å². The van der Waals surface area contributed by atoms with Gasteiger partial charge < -0.3 is 14.2 Å². The Morgan fingerprint density at radius 1 is 0.319 bits per heavy atom. The molecule has 0 spiro atoms. The third kappa shape index (κ3) is 55.4. The Balaban J connectivity index is 4.44. The predicted octanol–water partition coefficient (Wildman–Crippen LogP) is 19.5. The van der Waals surface area contributed by atoms with E-state index in [1.807, 2.05) is 0 Å². The number of esters is 3. The Labute approximate surface area is 426 Å². The summed E-state index contributed by atoms with van der Waals surface area (Å²) in [5, 5.41) is 0. The van der Waals surface area contributed by atoms with E-state index >= 15 is 0 Å². The van der Waals surface area contributed by atoms with Gasteiger partial charge in [-0.3, -0.25) is 14.4 Å². The van der Waals surface area contributed by atoms with Gasteiger partial charge in [-0.05, 0) is 109 Å². The normalized spacial score (nSPS) is 12.7. The third-order valence-electron chi connectivity index (χ3n) is 12.4. The summed E-state index contributed by atoms with van der Waals surface area (Å²) in [6.07, 6.45) is 74.2. The van der Waals surface area contributed by atoms with Crippen LogP contribution in [-0.2, 0) is 28.6 Å². The van der Waals surface area contributed by atoms with Gasteiger partial charge in [0.25, 0.3) is 0 Å². The van der Waals surface area contributed by atoms with Gasteiger partial charge in [-0.1, -0.05) is 234 Å². The largest absolute Gasteiger partial charge is 0.462 e. The van der Waals surface area contributed by atoms with Crippen molar-refractivity contribution in [2.75, 3.05) is 13.2 Å². The Kier molecular flexibility index (Phi) is 54.3. The molecule has 0 aliphatic heterocycles. The fraction of sp³-hybridized carbons (Fsp3) is 0.730. The summed E-state index contributed by atoms with van der Waals surface area (Å²) in [7, 11) is 0. The zero-order valence-electron chi connectivity index (χ0n) is 45.3. The number of allylic oxidation sites excluding steroid dienone is 14. The van der Waals surface area contributed by atoms with E-state index in [0.29, 0.717) is 19.3 Å². The predicted molar refractivity (Wildman–Crippen MR) is 297 cm³/mol. The molecule has 0 amide bonds. The van der Waals surface area contributed by atoms with Crippen molar-refractivity contribution in [1.82, 2.24) is 0 Å². The van der Waals surface area contributed by atoms with Gasteiger partial charge in [-0.15, -0.1) is 0 Å². The molecule has 6 nitrogen and oxygen atoms in total. The SMILES string of the molecule is CC/C=C\C/C=C\C/C=C\CCCCCCCCC(=O)OCC(COC(=O)CCCCCCC/C=C\C=C/CCCCCCCCC)OC(=O)CCCCCCCCC/C=C\C/C=C\CCCCC. The summed E-state index contributed by atoms with van der Waals surface area (Å²) >= 11 is 0. The number of unbranched alkanes of at least 4 members (excludes halogenated alkanes) is 28. The molecule has 1 atom stereocenters. The highest BCUT2D eigenvalue weighted by molar-refractivity contribution is 5.71. The second-order valence-corrected chi connectivity index (χ2v) is 19.2. The first kappa shape index (κ1) is 65.6. The molecule has 0 radical (unpaired) electrons. The van der Waals surface area contributed by atoms with Crippen LogP contribution < -0.4 is 0 Å². The molecule has 0 aliphatic rings. The minimum Gasteiger partial charge on any atom is -0.462 e. The Bertz CT molecular complexity index is 1330. The molecular formula is C63H108O6. The van der Waals surface area contributed by atoms with E-state index in [1.165, 1.54) is 122 Å². The second kappa shape index (κ2) is 57.2. The summed E-state index contributed by atoms with van der Waals surface area (Å²) in [6.45, 7) is 6.48. The zero-order valence-corrected chi connectivity index (χ0v) is 45.3. The third-order valence-corrected chi connectivity index (χ3v) is 12.4. The molecule has 0 saturated carbocycles. The Morgan fingerprint density at radius 2 is 0.609 bits per heavy atom. The number of ether oxygens (including phenoxy) is 3. The fourth-order valence-electron chi connectivity index (χ4n) is 8.01. The van der Waals surface area contributed by atoms with Crippen LogP contribution in [0.25, 0.3) is 0 Å². The van der Waals surface area contributed by atoms with Crippen molar-refractivity contribution in [3.63, 3.8) is 0 Å². The van der Waals surface area contributed by atoms with Crippen LogP contribution in [0, 0.1) is 0 Å². The maximum Gasteiger partial charge on any atom is 0.306 e. The van der Waals surface area contributed by atoms with Crippen LogP contribution in [0.3, 0.4) is 0 Å². The molecule has 0 aromatic rings. The highest BCUT2D eigenvalue weighted by Gasteiger charge is 2.19. The first-order valence-electron chi connectivity index (χ1n) is 29.1.